The van der Waals surface area contributed by atoms with Crippen molar-refractivity contribution in [2.45, 2.75) is 52.5 Å². The minimum atomic E-state index is 0. The van der Waals surface area contributed by atoms with Gasteiger partial charge in [-0.25, -0.2) is 4.99 Å². The fourth-order valence-corrected chi connectivity index (χ4v) is 3.62. The normalized spacial score (nSPS) is 19.8. The molecule has 0 aliphatic carbocycles. The second-order valence-electron chi connectivity index (χ2n) is 7.22. The average Bonchev–Trinajstić information content (AvgIpc) is 3.25. The number of hydrogen-bond donors (Lipinski definition) is 2. The third kappa shape index (κ3) is 7.29. The fourth-order valence-electron chi connectivity index (χ4n) is 3.62. The Morgan fingerprint density at radius 1 is 1.04 bits per heavy atom. The summed E-state index contributed by atoms with van der Waals surface area (Å²) < 4.78 is 0. The molecule has 2 heterocycles. The van der Waals surface area contributed by atoms with Crippen LogP contribution in [-0.2, 0) is 4.79 Å². The maximum Gasteiger partial charge on any atom is 0.244 e. The number of amides is 1. The zero-order valence-electron chi connectivity index (χ0n) is 16.1. The molecule has 0 saturated carbocycles. The van der Waals surface area contributed by atoms with Gasteiger partial charge in [0.05, 0.1) is 0 Å². The van der Waals surface area contributed by atoms with Gasteiger partial charge < -0.3 is 15.5 Å². The van der Waals surface area contributed by atoms with E-state index in [4.69, 9.17) is 0 Å². The molecule has 0 aromatic carbocycles. The number of carbonyl (C=O) groups is 1. The molecule has 2 saturated heterocycles. The number of rotatable bonds is 7. The van der Waals surface area contributed by atoms with Crippen molar-refractivity contribution in [2.24, 2.45) is 10.9 Å². The molecule has 0 aromatic heterocycles. The van der Waals surface area contributed by atoms with E-state index < -0.39 is 0 Å². The monoisotopic (exact) mass is 465 g/mol. The molecule has 0 radical (unpaired) electrons. The highest BCUT2D eigenvalue weighted by Gasteiger charge is 2.24. The molecular weight excluding hydrogens is 429 g/mol. The first-order valence-electron chi connectivity index (χ1n) is 9.65. The van der Waals surface area contributed by atoms with Gasteiger partial charge >= 0.3 is 0 Å². The van der Waals surface area contributed by atoms with Gasteiger partial charge in [0, 0.05) is 32.2 Å². The van der Waals surface area contributed by atoms with Crippen molar-refractivity contribution in [3.8, 4) is 0 Å². The first-order chi connectivity index (χ1) is 11.6. The highest BCUT2D eigenvalue weighted by Crippen LogP contribution is 2.17. The SMILES string of the molecule is CCNC(=NCC(=O)N1CCCC1)NCC(C(C)C)N1CCCC1.I. The van der Waals surface area contributed by atoms with Crippen molar-refractivity contribution in [3.63, 3.8) is 0 Å². The summed E-state index contributed by atoms with van der Waals surface area (Å²) in [6, 6.07) is 0.519. The van der Waals surface area contributed by atoms with Crippen molar-refractivity contribution < 1.29 is 4.79 Å². The van der Waals surface area contributed by atoms with Crippen LogP contribution in [0.4, 0.5) is 0 Å². The fraction of sp³-hybridized carbons (Fsp3) is 0.889. The number of halogens is 1. The van der Waals surface area contributed by atoms with E-state index in [-0.39, 0.29) is 36.4 Å². The molecule has 146 valence electrons. The van der Waals surface area contributed by atoms with E-state index in [0.717, 1.165) is 45.0 Å². The molecule has 2 N–H and O–H groups in total. The van der Waals surface area contributed by atoms with Crippen LogP contribution in [0.2, 0.25) is 0 Å². The predicted octanol–water partition coefficient (Wildman–Crippen LogP) is 1.90. The summed E-state index contributed by atoms with van der Waals surface area (Å²) in [5.41, 5.74) is 0. The number of likely N-dealkylation sites (tertiary alicyclic amines) is 2. The molecule has 2 rings (SSSR count). The van der Waals surface area contributed by atoms with Gasteiger partial charge in [0.1, 0.15) is 6.54 Å². The van der Waals surface area contributed by atoms with Crippen molar-refractivity contribution >= 4 is 35.8 Å². The minimum Gasteiger partial charge on any atom is -0.357 e. The lowest BCUT2D eigenvalue weighted by Crippen LogP contribution is -2.48. The van der Waals surface area contributed by atoms with Crippen molar-refractivity contribution in [1.82, 2.24) is 20.4 Å². The number of hydrogen-bond acceptors (Lipinski definition) is 3. The first kappa shape index (κ1) is 22.5. The Labute approximate surface area is 170 Å². The van der Waals surface area contributed by atoms with E-state index in [1.54, 1.807) is 0 Å². The van der Waals surface area contributed by atoms with Crippen LogP contribution in [0.15, 0.2) is 4.99 Å². The van der Waals surface area contributed by atoms with E-state index in [1.165, 1.54) is 25.9 Å². The Hall–Kier alpha value is -0.570. The Morgan fingerprint density at radius 3 is 2.20 bits per heavy atom. The van der Waals surface area contributed by atoms with E-state index in [2.05, 4.69) is 41.3 Å². The predicted molar refractivity (Wildman–Crippen MR) is 115 cm³/mol. The van der Waals surface area contributed by atoms with Crippen LogP contribution in [0.25, 0.3) is 0 Å². The molecule has 0 spiro atoms. The largest absolute Gasteiger partial charge is 0.357 e. The molecule has 6 nitrogen and oxygen atoms in total. The van der Waals surface area contributed by atoms with Gasteiger partial charge in [0.25, 0.3) is 0 Å². The van der Waals surface area contributed by atoms with Crippen LogP contribution in [0, 0.1) is 5.92 Å². The standard InChI is InChI=1S/C18H35N5O.HI/c1-4-19-18(21-14-17(24)23-11-7-8-12-23)20-13-16(15(2)3)22-9-5-6-10-22;/h15-16H,4-14H2,1-3H3,(H2,19,20,21);1H. The van der Waals surface area contributed by atoms with E-state index in [1.807, 2.05) is 4.90 Å². The molecule has 1 atom stereocenters. The zero-order valence-corrected chi connectivity index (χ0v) is 18.4. The van der Waals surface area contributed by atoms with Crippen LogP contribution in [0.3, 0.4) is 0 Å². The van der Waals surface area contributed by atoms with Gasteiger partial charge in [-0.2, -0.15) is 0 Å². The molecule has 2 aliphatic rings. The Morgan fingerprint density at radius 2 is 1.64 bits per heavy atom. The molecular formula is C18H36IN5O. The molecule has 7 heteroatoms. The van der Waals surface area contributed by atoms with Crippen LogP contribution < -0.4 is 10.6 Å². The highest BCUT2D eigenvalue weighted by molar-refractivity contribution is 14.0. The molecule has 1 unspecified atom stereocenters. The smallest absolute Gasteiger partial charge is 0.244 e. The highest BCUT2D eigenvalue weighted by atomic mass is 127. The third-order valence-corrected chi connectivity index (χ3v) is 5.03. The second kappa shape index (κ2) is 11.9. The minimum absolute atomic E-state index is 0. The van der Waals surface area contributed by atoms with E-state index in [0.29, 0.717) is 12.0 Å². The lowest BCUT2D eigenvalue weighted by Gasteiger charge is -2.31. The molecule has 0 aromatic rings. The molecule has 25 heavy (non-hydrogen) atoms. The quantitative estimate of drug-likeness (QED) is 0.343. The summed E-state index contributed by atoms with van der Waals surface area (Å²) in [5, 5.41) is 6.71. The average molecular weight is 465 g/mol. The van der Waals surface area contributed by atoms with E-state index in [9.17, 15) is 4.79 Å². The van der Waals surface area contributed by atoms with Crippen LogP contribution in [0.1, 0.15) is 46.5 Å². The maximum atomic E-state index is 12.2. The van der Waals surface area contributed by atoms with Crippen LogP contribution >= 0.6 is 24.0 Å². The Balaban J connectivity index is 0.00000312. The zero-order chi connectivity index (χ0) is 17.4. The Kier molecular flexibility index (Phi) is 10.7. The van der Waals surface area contributed by atoms with Crippen molar-refractivity contribution in [2.75, 3.05) is 45.8 Å². The molecule has 2 aliphatic heterocycles. The lowest BCUT2D eigenvalue weighted by atomic mass is 10.0. The topological polar surface area (TPSA) is 60.0 Å². The van der Waals surface area contributed by atoms with Gasteiger partial charge in [-0.1, -0.05) is 13.8 Å². The number of guanidine groups is 1. The summed E-state index contributed by atoms with van der Waals surface area (Å²) in [5.74, 6) is 1.50. The number of nitrogens with one attached hydrogen (secondary N) is 2. The van der Waals surface area contributed by atoms with Gasteiger partial charge in [0.15, 0.2) is 5.96 Å². The molecule has 1 amide bonds. The molecule has 0 bridgehead atoms. The van der Waals surface area contributed by atoms with Crippen molar-refractivity contribution in [1.29, 1.82) is 0 Å². The van der Waals surface area contributed by atoms with Gasteiger partial charge in [-0.15, -0.1) is 24.0 Å². The molecule has 2 fully saturated rings. The van der Waals surface area contributed by atoms with E-state index >= 15 is 0 Å². The summed E-state index contributed by atoms with van der Waals surface area (Å²) in [7, 11) is 0. The van der Waals surface area contributed by atoms with Gasteiger partial charge in [-0.3, -0.25) is 9.69 Å². The van der Waals surface area contributed by atoms with Gasteiger partial charge in [-0.05, 0) is 51.6 Å². The summed E-state index contributed by atoms with van der Waals surface area (Å²) >= 11 is 0. The van der Waals surface area contributed by atoms with Crippen molar-refractivity contribution in [3.05, 3.63) is 0 Å². The van der Waals surface area contributed by atoms with Gasteiger partial charge in [0.2, 0.25) is 5.91 Å². The number of aliphatic imine (C=N–C) groups is 1. The Bertz CT molecular complexity index is 418. The first-order valence-corrected chi connectivity index (χ1v) is 9.65. The lowest BCUT2D eigenvalue weighted by molar-refractivity contribution is -0.128. The van der Waals surface area contributed by atoms with Crippen LogP contribution in [-0.4, -0.2) is 73.5 Å². The third-order valence-electron chi connectivity index (χ3n) is 5.03. The van der Waals surface area contributed by atoms with Crippen LogP contribution in [0.5, 0.6) is 0 Å². The second-order valence-corrected chi connectivity index (χ2v) is 7.22. The summed E-state index contributed by atoms with van der Waals surface area (Å²) in [6.45, 7) is 12.7. The number of carbonyl (C=O) groups excluding carboxylic acids is 1. The number of nitrogens with zero attached hydrogens (tertiary/aromatic N) is 3. The summed E-state index contributed by atoms with van der Waals surface area (Å²) in [6.07, 6.45) is 4.86. The summed E-state index contributed by atoms with van der Waals surface area (Å²) in [4.78, 5) is 21.2. The maximum absolute atomic E-state index is 12.2.